The average Bonchev–Trinajstić information content (AvgIpc) is 2.27. The average molecular weight is 188 g/mol. The Hall–Kier alpha value is -1.46. The van der Waals surface area contributed by atoms with Crippen molar-refractivity contribution in [2.24, 2.45) is 0 Å². The van der Waals surface area contributed by atoms with Crippen molar-refractivity contribution in [3.05, 3.63) is 29.3 Å². The number of ether oxygens (including phenoxy) is 2. The molecule has 1 aromatic rings. The zero-order valence-corrected chi connectivity index (χ0v) is 8.12. The largest absolute Gasteiger partial charge is 0.497 e. The highest BCUT2D eigenvalue weighted by Crippen LogP contribution is 2.29. The van der Waals surface area contributed by atoms with Crippen molar-refractivity contribution in [1.29, 1.82) is 0 Å². The maximum Gasteiger partial charge on any atom is 0.143 e. The van der Waals surface area contributed by atoms with E-state index in [4.69, 9.17) is 15.9 Å². The van der Waals surface area contributed by atoms with Crippen LogP contribution in [0, 0.1) is 12.3 Å². The number of hydrogen-bond donors (Lipinski definition) is 0. The molecule has 0 saturated carbocycles. The van der Waals surface area contributed by atoms with Gasteiger partial charge in [0.1, 0.15) is 11.9 Å². The topological polar surface area (TPSA) is 18.5 Å². The standard InChI is InChI=1S/C12H12O2/c1-3-12-11-8-10(13-2)5-4-9(11)6-7-14-12/h1,4-5,8,12H,6-7H2,2H3/t12-/m1/s1. The van der Waals surface area contributed by atoms with Gasteiger partial charge >= 0.3 is 0 Å². The van der Waals surface area contributed by atoms with E-state index in [9.17, 15) is 0 Å². The van der Waals surface area contributed by atoms with Crippen molar-refractivity contribution in [3.63, 3.8) is 0 Å². The molecular formula is C12H12O2. The lowest BCUT2D eigenvalue weighted by atomic mass is 9.98. The Balaban J connectivity index is 2.44. The van der Waals surface area contributed by atoms with E-state index < -0.39 is 0 Å². The highest BCUT2D eigenvalue weighted by molar-refractivity contribution is 5.40. The Morgan fingerprint density at radius 1 is 1.57 bits per heavy atom. The van der Waals surface area contributed by atoms with E-state index in [0.29, 0.717) is 6.61 Å². The normalized spacial score (nSPS) is 19.6. The van der Waals surface area contributed by atoms with Crippen LogP contribution in [0.2, 0.25) is 0 Å². The van der Waals surface area contributed by atoms with Gasteiger partial charge in [0.2, 0.25) is 0 Å². The summed E-state index contributed by atoms with van der Waals surface area (Å²) in [5, 5.41) is 0. The van der Waals surface area contributed by atoms with E-state index in [-0.39, 0.29) is 6.10 Å². The van der Waals surface area contributed by atoms with Crippen molar-refractivity contribution < 1.29 is 9.47 Å². The van der Waals surface area contributed by atoms with Gasteiger partial charge in [0, 0.05) is 0 Å². The lowest BCUT2D eigenvalue weighted by molar-refractivity contribution is 0.0813. The highest BCUT2D eigenvalue weighted by Gasteiger charge is 2.18. The summed E-state index contributed by atoms with van der Waals surface area (Å²) >= 11 is 0. The van der Waals surface area contributed by atoms with Crippen LogP contribution in [0.5, 0.6) is 5.75 Å². The fourth-order valence-electron chi connectivity index (χ4n) is 1.69. The minimum Gasteiger partial charge on any atom is -0.497 e. The van der Waals surface area contributed by atoms with E-state index >= 15 is 0 Å². The molecule has 0 N–H and O–H groups in total. The molecule has 14 heavy (non-hydrogen) atoms. The van der Waals surface area contributed by atoms with Crippen molar-refractivity contribution in [1.82, 2.24) is 0 Å². The molecule has 0 aliphatic carbocycles. The molecule has 1 heterocycles. The van der Waals surface area contributed by atoms with Crippen LogP contribution in [0.3, 0.4) is 0 Å². The lowest BCUT2D eigenvalue weighted by Crippen LogP contribution is -2.14. The summed E-state index contributed by atoms with van der Waals surface area (Å²) in [5.74, 6) is 3.46. The molecule has 1 atom stereocenters. The first-order chi connectivity index (χ1) is 6.85. The number of methoxy groups -OCH3 is 1. The lowest BCUT2D eigenvalue weighted by Gasteiger charge is -2.22. The second-order valence-electron chi connectivity index (χ2n) is 3.23. The fraction of sp³-hybridized carbons (Fsp3) is 0.333. The monoisotopic (exact) mass is 188 g/mol. The smallest absolute Gasteiger partial charge is 0.143 e. The first kappa shape index (κ1) is 9.11. The Labute approximate surface area is 83.8 Å². The molecule has 0 spiro atoms. The van der Waals surface area contributed by atoms with Gasteiger partial charge in [0.05, 0.1) is 13.7 Å². The van der Waals surface area contributed by atoms with E-state index in [0.717, 1.165) is 17.7 Å². The van der Waals surface area contributed by atoms with Gasteiger partial charge in [0.15, 0.2) is 0 Å². The van der Waals surface area contributed by atoms with Crippen molar-refractivity contribution in [3.8, 4) is 18.1 Å². The molecule has 2 nitrogen and oxygen atoms in total. The van der Waals surface area contributed by atoms with Crippen LogP contribution < -0.4 is 4.74 Å². The zero-order valence-electron chi connectivity index (χ0n) is 8.12. The summed E-state index contributed by atoms with van der Waals surface area (Å²) < 4.78 is 10.6. The van der Waals surface area contributed by atoms with Crippen molar-refractivity contribution in [2.75, 3.05) is 13.7 Å². The van der Waals surface area contributed by atoms with E-state index in [1.54, 1.807) is 7.11 Å². The third kappa shape index (κ3) is 1.47. The molecule has 2 rings (SSSR count). The molecule has 0 amide bonds. The SMILES string of the molecule is C#C[C@H]1OCCc2ccc(OC)cc21. The van der Waals surface area contributed by atoms with Crippen LogP contribution in [-0.2, 0) is 11.2 Å². The second-order valence-corrected chi connectivity index (χ2v) is 3.23. The third-order valence-corrected chi connectivity index (χ3v) is 2.44. The Kier molecular flexibility index (Phi) is 2.43. The quantitative estimate of drug-likeness (QED) is 0.627. The molecule has 0 unspecified atom stereocenters. The Bertz CT molecular complexity index is 376. The molecule has 0 radical (unpaired) electrons. The van der Waals surface area contributed by atoms with E-state index in [2.05, 4.69) is 12.0 Å². The number of fused-ring (bicyclic) bond motifs is 1. The van der Waals surface area contributed by atoms with Crippen LogP contribution in [0.15, 0.2) is 18.2 Å². The van der Waals surface area contributed by atoms with Gasteiger partial charge in [-0.25, -0.2) is 0 Å². The molecule has 0 saturated heterocycles. The molecule has 1 aliphatic rings. The van der Waals surface area contributed by atoms with Crippen LogP contribution in [-0.4, -0.2) is 13.7 Å². The maximum atomic E-state index is 5.46. The first-order valence-electron chi connectivity index (χ1n) is 4.59. The predicted molar refractivity (Wildman–Crippen MR) is 54.2 cm³/mol. The zero-order chi connectivity index (χ0) is 9.97. The van der Waals surface area contributed by atoms with E-state index in [1.165, 1.54) is 5.56 Å². The van der Waals surface area contributed by atoms with Gasteiger partial charge in [-0.3, -0.25) is 0 Å². The number of hydrogen-bond acceptors (Lipinski definition) is 2. The minimum absolute atomic E-state index is 0.214. The number of terminal acetylenes is 1. The van der Waals surface area contributed by atoms with Crippen molar-refractivity contribution in [2.45, 2.75) is 12.5 Å². The summed E-state index contributed by atoms with van der Waals surface area (Å²) in [6.07, 6.45) is 6.11. The summed E-state index contributed by atoms with van der Waals surface area (Å²) in [7, 11) is 1.65. The van der Waals surface area contributed by atoms with Crippen LogP contribution >= 0.6 is 0 Å². The highest BCUT2D eigenvalue weighted by atomic mass is 16.5. The molecule has 0 aromatic heterocycles. The van der Waals surface area contributed by atoms with Gasteiger partial charge in [0.25, 0.3) is 0 Å². The summed E-state index contributed by atoms with van der Waals surface area (Å²) in [6, 6.07) is 5.97. The predicted octanol–water partition coefficient (Wildman–Crippen LogP) is 1.94. The molecule has 72 valence electrons. The number of benzene rings is 1. The molecular weight excluding hydrogens is 176 g/mol. The fourth-order valence-corrected chi connectivity index (χ4v) is 1.69. The van der Waals surface area contributed by atoms with Crippen LogP contribution in [0.4, 0.5) is 0 Å². The van der Waals surface area contributed by atoms with E-state index in [1.807, 2.05) is 12.1 Å². The summed E-state index contributed by atoms with van der Waals surface area (Å²) in [5.41, 5.74) is 2.33. The summed E-state index contributed by atoms with van der Waals surface area (Å²) in [4.78, 5) is 0. The molecule has 1 aliphatic heterocycles. The minimum atomic E-state index is -0.214. The van der Waals surface area contributed by atoms with Crippen molar-refractivity contribution >= 4 is 0 Å². The van der Waals surface area contributed by atoms with Crippen LogP contribution in [0.25, 0.3) is 0 Å². The second kappa shape index (κ2) is 3.73. The molecule has 1 aromatic carbocycles. The molecule has 0 bridgehead atoms. The van der Waals surface area contributed by atoms with Gasteiger partial charge in [-0.15, -0.1) is 6.42 Å². The Morgan fingerprint density at radius 3 is 3.14 bits per heavy atom. The maximum absolute atomic E-state index is 5.46. The first-order valence-corrected chi connectivity index (χ1v) is 4.59. The third-order valence-electron chi connectivity index (χ3n) is 2.44. The molecule has 0 fully saturated rings. The van der Waals surface area contributed by atoms with Gasteiger partial charge in [-0.2, -0.15) is 0 Å². The van der Waals surface area contributed by atoms with Crippen LogP contribution in [0.1, 0.15) is 17.2 Å². The summed E-state index contributed by atoms with van der Waals surface area (Å²) in [6.45, 7) is 0.703. The number of rotatable bonds is 1. The van der Waals surface area contributed by atoms with Gasteiger partial charge in [-0.05, 0) is 29.7 Å². The molecule has 2 heteroatoms. The van der Waals surface area contributed by atoms with Gasteiger partial charge in [-0.1, -0.05) is 12.0 Å². The van der Waals surface area contributed by atoms with Gasteiger partial charge < -0.3 is 9.47 Å². The Morgan fingerprint density at radius 2 is 2.43 bits per heavy atom.